The van der Waals surface area contributed by atoms with Crippen LogP contribution < -0.4 is 5.32 Å². The first-order valence-corrected chi connectivity index (χ1v) is 10.5. The Morgan fingerprint density at radius 3 is 2.52 bits per heavy atom. The molecule has 2 N–H and O–H groups in total. The van der Waals surface area contributed by atoms with Crippen LogP contribution in [-0.4, -0.2) is 32.5 Å². The molecule has 0 fully saturated rings. The standard InChI is InChI=1S/C24H22F3N5O/c1-3-31(4-2)14-15-11-16(9-10-21(15)33)29-22-12-18(24(25,26)27)17(13-28)23-30-19-7-5-6-8-20(19)32(22)23/h5-12,29,33H,3-4,14H2,1-2H3. The molecule has 33 heavy (non-hydrogen) atoms. The summed E-state index contributed by atoms with van der Waals surface area (Å²) in [7, 11) is 0. The van der Waals surface area contributed by atoms with Crippen molar-refractivity contribution in [2.45, 2.75) is 26.6 Å². The van der Waals surface area contributed by atoms with Crippen LogP contribution in [0.25, 0.3) is 16.7 Å². The number of phenols is 1. The van der Waals surface area contributed by atoms with Crippen molar-refractivity contribution in [2.75, 3.05) is 18.4 Å². The van der Waals surface area contributed by atoms with Crippen LogP contribution >= 0.6 is 0 Å². The molecule has 0 aliphatic carbocycles. The second-order valence-corrected chi connectivity index (χ2v) is 7.62. The first-order chi connectivity index (χ1) is 15.8. The van der Waals surface area contributed by atoms with Crippen molar-refractivity contribution in [3.8, 4) is 11.8 Å². The van der Waals surface area contributed by atoms with Crippen LogP contribution in [0.5, 0.6) is 5.75 Å². The summed E-state index contributed by atoms with van der Waals surface area (Å²) in [5.74, 6) is 0.228. The molecule has 170 valence electrons. The van der Waals surface area contributed by atoms with Crippen LogP contribution in [0.15, 0.2) is 48.5 Å². The minimum Gasteiger partial charge on any atom is -0.508 e. The number of halogens is 3. The summed E-state index contributed by atoms with van der Waals surface area (Å²) in [6.45, 7) is 6.11. The lowest BCUT2D eigenvalue weighted by molar-refractivity contribution is -0.137. The molecule has 4 aromatic rings. The Morgan fingerprint density at radius 2 is 1.85 bits per heavy atom. The highest BCUT2D eigenvalue weighted by Crippen LogP contribution is 2.38. The highest BCUT2D eigenvalue weighted by molar-refractivity contribution is 5.86. The summed E-state index contributed by atoms with van der Waals surface area (Å²) in [6.07, 6.45) is -4.73. The van der Waals surface area contributed by atoms with Gasteiger partial charge in [0, 0.05) is 17.8 Å². The van der Waals surface area contributed by atoms with Crippen LogP contribution in [0.1, 0.15) is 30.5 Å². The van der Waals surface area contributed by atoms with Crippen molar-refractivity contribution in [1.82, 2.24) is 14.3 Å². The zero-order valence-electron chi connectivity index (χ0n) is 18.1. The summed E-state index contributed by atoms with van der Waals surface area (Å²) in [5, 5.41) is 22.9. The number of aromatic hydroxyl groups is 1. The Morgan fingerprint density at radius 1 is 1.12 bits per heavy atom. The number of aromatic nitrogens is 2. The molecule has 0 amide bonds. The third-order valence-corrected chi connectivity index (χ3v) is 5.63. The van der Waals surface area contributed by atoms with Crippen molar-refractivity contribution in [3.05, 3.63) is 65.2 Å². The van der Waals surface area contributed by atoms with Crippen LogP contribution in [0.4, 0.5) is 24.7 Å². The third kappa shape index (κ3) is 4.17. The number of hydrogen-bond donors (Lipinski definition) is 2. The summed E-state index contributed by atoms with van der Waals surface area (Å²) in [6, 6.07) is 14.3. The molecular weight excluding hydrogens is 431 g/mol. The van der Waals surface area contributed by atoms with Gasteiger partial charge in [0.2, 0.25) is 0 Å². The van der Waals surface area contributed by atoms with Crippen LogP contribution in [0.3, 0.4) is 0 Å². The molecule has 0 radical (unpaired) electrons. The first-order valence-electron chi connectivity index (χ1n) is 10.5. The number of fused-ring (bicyclic) bond motifs is 3. The van der Waals surface area contributed by atoms with Crippen molar-refractivity contribution in [3.63, 3.8) is 0 Å². The maximum absolute atomic E-state index is 13.8. The van der Waals surface area contributed by atoms with Crippen molar-refractivity contribution >= 4 is 28.2 Å². The summed E-state index contributed by atoms with van der Waals surface area (Å²) >= 11 is 0. The molecule has 9 heteroatoms. The van der Waals surface area contributed by atoms with E-state index in [1.807, 2.05) is 13.8 Å². The van der Waals surface area contributed by atoms with Gasteiger partial charge in [-0.25, -0.2) is 4.98 Å². The van der Waals surface area contributed by atoms with Gasteiger partial charge in [-0.1, -0.05) is 26.0 Å². The van der Waals surface area contributed by atoms with Gasteiger partial charge >= 0.3 is 6.18 Å². The molecule has 0 aliphatic heterocycles. The van der Waals surface area contributed by atoms with E-state index >= 15 is 0 Å². The smallest absolute Gasteiger partial charge is 0.417 e. The van der Waals surface area contributed by atoms with E-state index in [0.29, 0.717) is 28.8 Å². The number of nitriles is 1. The fourth-order valence-corrected chi connectivity index (χ4v) is 3.88. The molecule has 0 saturated carbocycles. The number of nitrogens with one attached hydrogen (secondary N) is 1. The lowest BCUT2D eigenvalue weighted by atomic mass is 10.1. The van der Waals surface area contributed by atoms with Gasteiger partial charge in [0.15, 0.2) is 5.65 Å². The Kier molecular flexibility index (Phi) is 5.87. The topological polar surface area (TPSA) is 76.6 Å². The lowest BCUT2D eigenvalue weighted by Gasteiger charge is -2.20. The number of imidazole rings is 1. The summed E-state index contributed by atoms with van der Waals surface area (Å²) < 4.78 is 43.0. The average molecular weight is 453 g/mol. The van der Waals surface area contributed by atoms with E-state index in [4.69, 9.17) is 0 Å². The number of para-hydroxylation sites is 2. The zero-order valence-corrected chi connectivity index (χ0v) is 18.1. The Bertz CT molecular complexity index is 1370. The van der Waals surface area contributed by atoms with Gasteiger partial charge in [-0.15, -0.1) is 0 Å². The predicted molar refractivity (Wildman–Crippen MR) is 120 cm³/mol. The van der Waals surface area contributed by atoms with Gasteiger partial charge in [0.25, 0.3) is 0 Å². The van der Waals surface area contributed by atoms with E-state index in [9.17, 15) is 23.5 Å². The molecule has 0 spiro atoms. The van der Waals surface area contributed by atoms with E-state index in [0.717, 1.165) is 19.2 Å². The highest BCUT2D eigenvalue weighted by Gasteiger charge is 2.36. The van der Waals surface area contributed by atoms with Crippen molar-refractivity contribution < 1.29 is 18.3 Å². The van der Waals surface area contributed by atoms with Crippen LogP contribution in [0.2, 0.25) is 0 Å². The molecule has 0 aliphatic rings. The van der Waals surface area contributed by atoms with E-state index < -0.39 is 17.3 Å². The molecule has 0 saturated heterocycles. The second kappa shape index (κ2) is 8.64. The zero-order chi connectivity index (χ0) is 23.8. The third-order valence-electron chi connectivity index (χ3n) is 5.63. The minimum atomic E-state index is -4.73. The largest absolute Gasteiger partial charge is 0.508 e. The maximum Gasteiger partial charge on any atom is 0.417 e. The molecule has 0 atom stereocenters. The number of anilines is 2. The molecule has 0 unspecified atom stereocenters. The monoisotopic (exact) mass is 453 g/mol. The SMILES string of the molecule is CCN(CC)Cc1cc(Nc2cc(C(F)(F)F)c(C#N)c3nc4ccccc4n23)ccc1O. The minimum absolute atomic E-state index is 0.0711. The average Bonchev–Trinajstić information content (AvgIpc) is 3.18. The van der Waals surface area contributed by atoms with Gasteiger partial charge in [-0.2, -0.15) is 18.4 Å². The first kappa shape index (κ1) is 22.4. The van der Waals surface area contributed by atoms with E-state index in [2.05, 4.69) is 15.2 Å². The van der Waals surface area contributed by atoms with Crippen LogP contribution in [0, 0.1) is 11.3 Å². The maximum atomic E-state index is 13.8. The van der Waals surface area contributed by atoms with E-state index in [1.165, 1.54) is 10.5 Å². The fraction of sp³-hybridized carbons (Fsp3) is 0.250. The Labute approximate surface area is 188 Å². The second-order valence-electron chi connectivity index (χ2n) is 7.62. The number of alkyl halides is 3. The quantitative estimate of drug-likeness (QED) is 0.368. The number of benzene rings is 2. The molecule has 0 bridgehead atoms. The van der Waals surface area contributed by atoms with Gasteiger partial charge in [-0.3, -0.25) is 9.30 Å². The van der Waals surface area contributed by atoms with E-state index in [1.54, 1.807) is 42.5 Å². The predicted octanol–water partition coefficient (Wildman–Crippen LogP) is 5.67. The molecule has 2 heterocycles. The molecule has 4 rings (SSSR count). The molecule has 2 aromatic carbocycles. The normalized spacial score (nSPS) is 11.9. The number of nitrogens with zero attached hydrogens (tertiary/aromatic N) is 4. The van der Waals surface area contributed by atoms with Gasteiger partial charge in [0.05, 0.1) is 16.6 Å². The number of pyridine rings is 1. The van der Waals surface area contributed by atoms with Gasteiger partial charge in [-0.05, 0) is 49.5 Å². The fourth-order valence-electron chi connectivity index (χ4n) is 3.88. The van der Waals surface area contributed by atoms with Crippen molar-refractivity contribution in [1.29, 1.82) is 5.26 Å². The molecular formula is C24H22F3N5O. The Hall–Kier alpha value is -3.77. The van der Waals surface area contributed by atoms with Crippen molar-refractivity contribution in [2.24, 2.45) is 0 Å². The number of phenolic OH excluding ortho intramolecular Hbond substituents is 1. The van der Waals surface area contributed by atoms with Crippen LogP contribution in [-0.2, 0) is 12.7 Å². The summed E-state index contributed by atoms with van der Waals surface area (Å²) in [4.78, 5) is 6.42. The van der Waals surface area contributed by atoms with Gasteiger partial charge in [0.1, 0.15) is 23.2 Å². The Balaban J connectivity index is 1.90. The van der Waals surface area contributed by atoms with E-state index in [-0.39, 0.29) is 17.2 Å². The lowest BCUT2D eigenvalue weighted by Crippen LogP contribution is -2.22. The highest BCUT2D eigenvalue weighted by atomic mass is 19.4. The molecule has 6 nitrogen and oxygen atoms in total. The van der Waals surface area contributed by atoms with Gasteiger partial charge < -0.3 is 10.4 Å². The molecule has 2 aromatic heterocycles. The summed E-state index contributed by atoms with van der Waals surface area (Å²) in [5.41, 5.74) is 0.548. The number of hydrogen-bond acceptors (Lipinski definition) is 5. The number of rotatable bonds is 6.